The Hall–Kier alpha value is -1.19. The van der Waals surface area contributed by atoms with Crippen LogP contribution in [0.25, 0.3) is 0 Å². The molecule has 0 bridgehead atoms. The normalized spacial score (nSPS) is 15.5. The first-order valence-electron chi connectivity index (χ1n) is 3.92. The van der Waals surface area contributed by atoms with Crippen LogP contribution in [0.2, 0.25) is 0 Å². The molecule has 0 spiro atoms. The van der Waals surface area contributed by atoms with Crippen molar-refractivity contribution in [2.24, 2.45) is 0 Å². The fraction of sp³-hybridized carbons (Fsp3) is 0.111. The summed E-state index contributed by atoms with van der Waals surface area (Å²) >= 11 is 5.64. The summed E-state index contributed by atoms with van der Waals surface area (Å²) < 4.78 is 0. The summed E-state index contributed by atoms with van der Waals surface area (Å²) in [4.78, 5) is 4.88. The molecule has 4 heteroatoms. The molecule has 1 heterocycles. The minimum atomic E-state index is 0.336. The average Bonchev–Trinajstić information content (AvgIpc) is 2.53. The maximum atomic E-state index is 5.64. The molecule has 0 radical (unpaired) electrons. The molecule has 68 valence electrons. The molecule has 0 fully saturated rings. The minimum Gasteiger partial charge on any atom is -0.375 e. The van der Waals surface area contributed by atoms with E-state index < -0.39 is 0 Å². The van der Waals surface area contributed by atoms with E-state index >= 15 is 0 Å². The summed E-state index contributed by atoms with van der Waals surface area (Å²) in [5.41, 5.74) is 4.85. The number of nitrogens with zero attached hydrogens (tertiary/aromatic N) is 1. The number of hydrazine groups is 1. The van der Waals surface area contributed by atoms with Crippen molar-refractivity contribution in [3.05, 3.63) is 41.2 Å². The second-order valence-corrected chi connectivity index (χ2v) is 3.16. The van der Waals surface area contributed by atoms with E-state index in [2.05, 4.69) is 5.59 Å². The van der Waals surface area contributed by atoms with Gasteiger partial charge in [0.05, 0.1) is 11.9 Å². The Morgan fingerprint density at radius 3 is 2.77 bits per heavy atom. The number of para-hydroxylation sites is 1. The largest absolute Gasteiger partial charge is 0.375 e. The van der Waals surface area contributed by atoms with Crippen LogP contribution in [0.5, 0.6) is 0 Å². The molecule has 3 nitrogen and oxygen atoms in total. The summed E-state index contributed by atoms with van der Waals surface area (Å²) in [5.74, 6) is 0. The van der Waals surface area contributed by atoms with E-state index in [1.165, 1.54) is 0 Å². The first-order chi connectivity index (χ1) is 6.27. The topological polar surface area (TPSA) is 24.5 Å². The molecule has 0 aromatic heterocycles. The van der Waals surface area contributed by atoms with Crippen LogP contribution in [0, 0.1) is 6.92 Å². The molecule has 0 amide bonds. The van der Waals surface area contributed by atoms with Crippen molar-refractivity contribution in [1.29, 1.82) is 0 Å². The van der Waals surface area contributed by atoms with Crippen molar-refractivity contribution in [2.75, 3.05) is 5.01 Å². The highest BCUT2D eigenvalue weighted by Crippen LogP contribution is 2.22. The standard InChI is InChI=1S/C9H9ClN2O/c1-7-4-2-3-5-8(7)12-6-9(10)13-11-12/h2-6,11H,1H3. The van der Waals surface area contributed by atoms with Gasteiger partial charge in [-0.05, 0) is 30.2 Å². The number of anilines is 1. The molecule has 13 heavy (non-hydrogen) atoms. The third-order valence-electron chi connectivity index (χ3n) is 1.85. The van der Waals surface area contributed by atoms with Crippen LogP contribution in [0.4, 0.5) is 5.69 Å². The lowest BCUT2D eigenvalue weighted by molar-refractivity contribution is 0.148. The lowest BCUT2D eigenvalue weighted by Crippen LogP contribution is -2.27. The first-order valence-corrected chi connectivity index (χ1v) is 4.30. The van der Waals surface area contributed by atoms with E-state index in [1.54, 1.807) is 11.2 Å². The lowest BCUT2D eigenvalue weighted by atomic mass is 10.2. The molecule has 1 aliphatic heterocycles. The molecule has 1 aromatic carbocycles. The van der Waals surface area contributed by atoms with Crippen molar-refractivity contribution in [3.8, 4) is 0 Å². The van der Waals surface area contributed by atoms with Gasteiger partial charge in [0.15, 0.2) is 0 Å². The molecule has 0 saturated heterocycles. The number of benzene rings is 1. The van der Waals surface area contributed by atoms with Gasteiger partial charge in [0.1, 0.15) is 0 Å². The van der Waals surface area contributed by atoms with Gasteiger partial charge in [-0.1, -0.05) is 23.8 Å². The van der Waals surface area contributed by atoms with Gasteiger partial charge in [0.2, 0.25) is 5.22 Å². The molecule has 1 aliphatic rings. The Bertz CT molecular complexity index is 351. The third kappa shape index (κ3) is 1.61. The predicted octanol–water partition coefficient (Wildman–Crippen LogP) is 2.29. The average molecular weight is 197 g/mol. The zero-order chi connectivity index (χ0) is 9.26. The predicted molar refractivity (Wildman–Crippen MR) is 51.8 cm³/mol. The Labute approximate surface area is 81.5 Å². The Kier molecular flexibility index (Phi) is 2.12. The third-order valence-corrected chi connectivity index (χ3v) is 2.02. The van der Waals surface area contributed by atoms with Crippen LogP contribution in [0.15, 0.2) is 35.7 Å². The lowest BCUT2D eigenvalue weighted by Gasteiger charge is -2.15. The number of aryl methyl sites for hydroxylation is 1. The van der Waals surface area contributed by atoms with Gasteiger partial charge in [-0.2, -0.15) is 0 Å². The van der Waals surface area contributed by atoms with Crippen molar-refractivity contribution in [1.82, 2.24) is 5.59 Å². The van der Waals surface area contributed by atoms with Gasteiger partial charge in [-0.3, -0.25) is 0 Å². The number of nitrogens with one attached hydrogen (secondary N) is 1. The number of hydrogen-bond acceptors (Lipinski definition) is 3. The second-order valence-electron chi connectivity index (χ2n) is 2.78. The molecular formula is C9H9ClN2O. The molecule has 0 saturated carbocycles. The van der Waals surface area contributed by atoms with E-state index in [9.17, 15) is 0 Å². The minimum absolute atomic E-state index is 0.336. The highest BCUT2D eigenvalue weighted by molar-refractivity contribution is 6.28. The quantitative estimate of drug-likeness (QED) is 0.746. The van der Waals surface area contributed by atoms with Gasteiger partial charge >= 0.3 is 0 Å². The summed E-state index contributed by atoms with van der Waals surface area (Å²) in [7, 11) is 0. The zero-order valence-electron chi connectivity index (χ0n) is 7.12. The highest BCUT2D eigenvalue weighted by Gasteiger charge is 2.13. The Morgan fingerprint density at radius 2 is 2.15 bits per heavy atom. The highest BCUT2D eigenvalue weighted by atomic mass is 35.5. The fourth-order valence-electron chi connectivity index (χ4n) is 1.20. The smallest absolute Gasteiger partial charge is 0.233 e. The number of halogens is 1. The number of rotatable bonds is 1. The molecular weight excluding hydrogens is 188 g/mol. The van der Waals surface area contributed by atoms with Crippen LogP contribution in [-0.2, 0) is 4.84 Å². The van der Waals surface area contributed by atoms with Gasteiger partial charge < -0.3 is 4.84 Å². The molecule has 0 aliphatic carbocycles. The Balaban J connectivity index is 2.31. The summed E-state index contributed by atoms with van der Waals surface area (Å²) in [6.07, 6.45) is 1.68. The Morgan fingerprint density at radius 1 is 1.38 bits per heavy atom. The second kappa shape index (κ2) is 3.28. The van der Waals surface area contributed by atoms with Crippen LogP contribution < -0.4 is 10.6 Å². The molecule has 0 unspecified atom stereocenters. The maximum Gasteiger partial charge on any atom is 0.233 e. The summed E-state index contributed by atoms with van der Waals surface area (Å²) in [6, 6.07) is 7.96. The van der Waals surface area contributed by atoms with E-state index in [1.807, 2.05) is 31.2 Å². The van der Waals surface area contributed by atoms with Crippen molar-refractivity contribution >= 4 is 17.3 Å². The molecule has 1 aromatic rings. The maximum absolute atomic E-state index is 5.64. The fourth-order valence-corrected chi connectivity index (χ4v) is 1.33. The van der Waals surface area contributed by atoms with Crippen LogP contribution in [-0.4, -0.2) is 0 Å². The zero-order valence-corrected chi connectivity index (χ0v) is 7.88. The van der Waals surface area contributed by atoms with E-state index in [-0.39, 0.29) is 0 Å². The van der Waals surface area contributed by atoms with Crippen molar-refractivity contribution < 1.29 is 4.84 Å². The SMILES string of the molecule is Cc1ccccc1N1C=C(Cl)ON1. The summed E-state index contributed by atoms with van der Waals surface area (Å²) in [6.45, 7) is 2.02. The van der Waals surface area contributed by atoms with Gasteiger partial charge in [-0.15, -0.1) is 0 Å². The van der Waals surface area contributed by atoms with Crippen molar-refractivity contribution in [3.63, 3.8) is 0 Å². The van der Waals surface area contributed by atoms with E-state index in [0.717, 1.165) is 11.3 Å². The van der Waals surface area contributed by atoms with Gasteiger partial charge in [-0.25, -0.2) is 5.01 Å². The van der Waals surface area contributed by atoms with Crippen LogP contribution >= 0.6 is 11.6 Å². The van der Waals surface area contributed by atoms with E-state index in [0.29, 0.717) is 5.22 Å². The van der Waals surface area contributed by atoms with Crippen molar-refractivity contribution in [2.45, 2.75) is 6.92 Å². The van der Waals surface area contributed by atoms with E-state index in [4.69, 9.17) is 16.4 Å². The molecule has 1 N–H and O–H groups in total. The summed E-state index contributed by atoms with van der Waals surface area (Å²) in [5, 5.41) is 2.07. The number of hydrogen-bond donors (Lipinski definition) is 1. The van der Waals surface area contributed by atoms with Gasteiger partial charge in [0.25, 0.3) is 0 Å². The molecule has 2 rings (SSSR count). The van der Waals surface area contributed by atoms with Gasteiger partial charge in [0, 0.05) is 0 Å². The molecule has 0 atom stereocenters. The van der Waals surface area contributed by atoms with Crippen LogP contribution in [0.3, 0.4) is 0 Å². The van der Waals surface area contributed by atoms with Crippen LogP contribution in [0.1, 0.15) is 5.56 Å². The monoisotopic (exact) mass is 196 g/mol. The first kappa shape index (κ1) is 8.41.